The zero-order valence-corrected chi connectivity index (χ0v) is 25.8. The third-order valence-electron chi connectivity index (χ3n) is 8.21. The molecule has 0 spiro atoms. The Morgan fingerprint density at radius 3 is 2.76 bits per heavy atom. The van der Waals surface area contributed by atoms with E-state index in [1.807, 2.05) is 31.2 Å². The van der Waals surface area contributed by atoms with Crippen LogP contribution >= 0.6 is 11.6 Å². The summed E-state index contributed by atoms with van der Waals surface area (Å²) in [5.41, 5.74) is 3.70. The summed E-state index contributed by atoms with van der Waals surface area (Å²) in [5.74, 6) is 1.49. The maximum absolute atomic E-state index is 13.2. The maximum atomic E-state index is 13.2. The molecule has 0 saturated heterocycles. The van der Waals surface area contributed by atoms with Crippen molar-refractivity contribution in [3.05, 3.63) is 83.4 Å². The topological polar surface area (TPSA) is 68.2 Å². The monoisotopic (exact) mass is 597 g/mol. The first-order valence-corrected chi connectivity index (χ1v) is 16.2. The molecule has 2 aromatic rings. The van der Waals surface area contributed by atoms with Crippen molar-refractivity contribution in [2.75, 3.05) is 30.9 Å². The van der Waals surface area contributed by atoms with Crippen molar-refractivity contribution in [2.45, 2.75) is 58.1 Å². The lowest BCUT2D eigenvalue weighted by Crippen LogP contribution is -2.43. The predicted octanol–water partition coefficient (Wildman–Crippen LogP) is 7.79. The number of halogens is 1. The molecule has 0 radical (unpaired) electrons. The Hall–Kier alpha value is -2.61. The number of hydrogen-bond acceptors (Lipinski definition) is 6. The van der Waals surface area contributed by atoms with Gasteiger partial charge in [0.05, 0.1) is 18.4 Å². The number of methoxy groups -OCH3 is 1. The molecule has 1 aliphatic carbocycles. The summed E-state index contributed by atoms with van der Waals surface area (Å²) in [6, 6.07) is 11.6. The van der Waals surface area contributed by atoms with Crippen LogP contribution in [-0.4, -0.2) is 38.0 Å². The van der Waals surface area contributed by atoms with E-state index in [1.165, 1.54) is 11.1 Å². The van der Waals surface area contributed by atoms with Crippen LogP contribution in [0.4, 0.5) is 5.69 Å². The van der Waals surface area contributed by atoms with Crippen LogP contribution in [0.3, 0.4) is 0 Å². The number of benzene rings is 2. The summed E-state index contributed by atoms with van der Waals surface area (Å²) in [7, 11) is 0.133. The lowest BCUT2D eigenvalue weighted by Gasteiger charge is -2.43. The Balaban J connectivity index is 1.71. The molecular formula is C33H42ClN2O4S-. The lowest BCUT2D eigenvalue weighted by molar-refractivity contribution is 0.0137. The molecule has 0 bridgehead atoms. The molecule has 0 N–H and O–H groups in total. The van der Waals surface area contributed by atoms with Crippen molar-refractivity contribution in [3.63, 3.8) is 0 Å². The highest BCUT2D eigenvalue weighted by atomic mass is 35.5. The van der Waals surface area contributed by atoms with Gasteiger partial charge in [0.15, 0.2) is 0 Å². The standard InChI is InChI=1S/C33H42ClN2O4S/c1-5-9-23(3)22-41(38)35-33(37)25-13-16-32-30(19-25)36(21-27-12-15-29(27)31(6-2)39-4)20-26-11-14-28(34)18-24(26)10-7-8-17-40-32/h5-6,11,13-14,16,18-19,23,27,29,31H,1-2,7-10,12,15,17,20-22H2,3-4H3/q-1/t23-,27-,29+,31-/m0/s1. The second kappa shape index (κ2) is 15.0. The minimum Gasteiger partial charge on any atom is -0.491 e. The molecule has 2 aromatic carbocycles. The van der Waals surface area contributed by atoms with Crippen molar-refractivity contribution in [2.24, 2.45) is 22.1 Å². The Kier molecular flexibility index (Phi) is 11.5. The third-order valence-corrected chi connectivity index (χ3v) is 9.67. The van der Waals surface area contributed by atoms with Gasteiger partial charge in [0.1, 0.15) is 5.75 Å². The number of ether oxygens (including phenoxy) is 2. The Bertz CT molecular complexity index is 1320. The van der Waals surface area contributed by atoms with Crippen LogP contribution in [0.15, 0.2) is 66.1 Å². The van der Waals surface area contributed by atoms with E-state index in [9.17, 15) is 9.00 Å². The zero-order chi connectivity index (χ0) is 29.4. The highest BCUT2D eigenvalue weighted by Gasteiger charge is 2.37. The fraction of sp³-hybridized carbons (Fsp3) is 0.485. The fourth-order valence-electron chi connectivity index (χ4n) is 5.82. The number of rotatable bonds is 10. The third kappa shape index (κ3) is 8.24. The summed E-state index contributed by atoms with van der Waals surface area (Å²) in [4.78, 5) is 15.5. The molecule has 4 rings (SSSR count). The quantitative estimate of drug-likeness (QED) is 0.206. The minimum atomic E-state index is -1.60. The smallest absolute Gasteiger partial charge is 0.254 e. The number of fused-ring (bicyclic) bond motifs is 2. The Morgan fingerprint density at radius 2 is 2.05 bits per heavy atom. The van der Waals surface area contributed by atoms with Crippen LogP contribution in [0.2, 0.25) is 5.02 Å². The van der Waals surface area contributed by atoms with E-state index < -0.39 is 16.5 Å². The molecule has 0 aromatic heterocycles. The van der Waals surface area contributed by atoms with Gasteiger partial charge in [-0.15, -0.1) is 13.2 Å². The summed E-state index contributed by atoms with van der Waals surface area (Å²) < 4.78 is 28.7. The van der Waals surface area contributed by atoms with Gasteiger partial charge >= 0.3 is 0 Å². The van der Waals surface area contributed by atoms with Crippen molar-refractivity contribution >= 4 is 33.8 Å². The van der Waals surface area contributed by atoms with Gasteiger partial charge in [0.2, 0.25) is 0 Å². The Morgan fingerprint density at radius 1 is 1.22 bits per heavy atom. The average molecular weight is 598 g/mol. The van der Waals surface area contributed by atoms with Crippen LogP contribution in [0.25, 0.3) is 0 Å². The number of carbonyl (C=O) groups is 1. The van der Waals surface area contributed by atoms with Gasteiger partial charge in [-0.25, -0.2) is 0 Å². The van der Waals surface area contributed by atoms with Crippen molar-refractivity contribution < 1.29 is 18.5 Å². The lowest BCUT2D eigenvalue weighted by atomic mass is 9.70. The van der Waals surface area contributed by atoms with E-state index in [-0.39, 0.29) is 12.0 Å². The van der Waals surface area contributed by atoms with E-state index in [4.69, 9.17) is 21.1 Å². The van der Waals surface area contributed by atoms with Gasteiger partial charge in [-0.2, -0.15) is 10.6 Å². The molecule has 1 saturated carbocycles. The van der Waals surface area contributed by atoms with Gasteiger partial charge in [0.25, 0.3) is 5.91 Å². The minimum absolute atomic E-state index is 0.00432. The number of nitrogens with zero attached hydrogens (tertiary/aromatic N) is 2. The number of anilines is 1. The number of hydrogen-bond donors (Lipinski definition) is 0. The van der Waals surface area contributed by atoms with Gasteiger partial charge in [0, 0.05) is 30.8 Å². The number of allylic oxidation sites excluding steroid dienone is 1. The molecule has 1 aliphatic heterocycles. The van der Waals surface area contributed by atoms with Crippen LogP contribution in [0.1, 0.15) is 60.5 Å². The molecule has 6 nitrogen and oxygen atoms in total. The van der Waals surface area contributed by atoms with Gasteiger partial charge < -0.3 is 22.9 Å². The molecule has 8 heteroatoms. The van der Waals surface area contributed by atoms with Gasteiger partial charge in [-0.1, -0.05) is 48.4 Å². The maximum Gasteiger partial charge on any atom is 0.254 e. The molecular weight excluding hydrogens is 556 g/mol. The molecule has 4 atom stereocenters. The number of amides is 1. The van der Waals surface area contributed by atoms with E-state index in [0.29, 0.717) is 36.3 Å². The molecule has 2 aliphatic rings. The second-order valence-electron chi connectivity index (χ2n) is 11.2. The van der Waals surface area contributed by atoms with Crippen LogP contribution in [0, 0.1) is 17.8 Å². The van der Waals surface area contributed by atoms with Gasteiger partial charge in [-0.3, -0.25) is 4.79 Å². The summed E-state index contributed by atoms with van der Waals surface area (Å²) >= 11 is 6.40. The van der Waals surface area contributed by atoms with E-state index in [1.54, 1.807) is 19.3 Å². The van der Waals surface area contributed by atoms with Crippen LogP contribution < -0.4 is 9.64 Å². The first kappa shape index (κ1) is 31.3. The summed E-state index contributed by atoms with van der Waals surface area (Å²) in [5, 5.41) is 0.736. The van der Waals surface area contributed by atoms with Gasteiger partial charge in [-0.05, 0) is 91.8 Å². The molecule has 1 fully saturated rings. The molecule has 0 unspecified atom stereocenters. The molecule has 41 heavy (non-hydrogen) atoms. The second-order valence-corrected chi connectivity index (χ2v) is 12.8. The number of carbonyl (C=O) groups excluding carboxylic acids is 1. The highest BCUT2D eigenvalue weighted by molar-refractivity contribution is 7.75. The van der Waals surface area contributed by atoms with E-state index in [2.05, 4.69) is 34.6 Å². The largest absolute Gasteiger partial charge is 0.491 e. The first-order chi connectivity index (χ1) is 19.8. The van der Waals surface area contributed by atoms with Crippen LogP contribution in [0.5, 0.6) is 5.75 Å². The molecule has 1 heterocycles. The Labute approximate surface area is 252 Å². The predicted molar refractivity (Wildman–Crippen MR) is 168 cm³/mol. The van der Waals surface area contributed by atoms with Crippen molar-refractivity contribution in [1.82, 2.24) is 0 Å². The summed E-state index contributed by atoms with van der Waals surface area (Å²) in [6.45, 7) is 11.7. The average Bonchev–Trinajstić information content (AvgIpc) is 2.96. The first-order valence-electron chi connectivity index (χ1n) is 14.5. The normalized spacial score (nSPS) is 21.2. The summed E-state index contributed by atoms with van der Waals surface area (Å²) in [6.07, 6.45) is 9.43. The zero-order valence-electron chi connectivity index (χ0n) is 24.2. The van der Waals surface area contributed by atoms with E-state index in [0.717, 1.165) is 61.5 Å². The number of aryl methyl sites for hydroxylation is 1. The SMILES string of the molecule is C=CC[C@H](C)C[S-](=O)=NC(=O)c1ccc2c(c1)N(C[C@@H]1CC[C@H]1[C@H](C=C)OC)Cc1ccc(Cl)cc1CCCCO2. The fourth-order valence-corrected chi connectivity index (χ4v) is 7.00. The van der Waals surface area contributed by atoms with Crippen molar-refractivity contribution in [1.29, 1.82) is 0 Å². The van der Waals surface area contributed by atoms with Crippen molar-refractivity contribution in [3.8, 4) is 5.75 Å². The van der Waals surface area contributed by atoms with E-state index >= 15 is 0 Å². The highest BCUT2D eigenvalue weighted by Crippen LogP contribution is 2.41. The molecule has 222 valence electrons. The van der Waals surface area contributed by atoms with Crippen LogP contribution in [-0.2, 0) is 32.5 Å². The molecule has 1 amide bonds.